The molecule has 0 aliphatic heterocycles. The molecule has 0 radical (unpaired) electrons. The number of pyridine rings is 2. The van der Waals surface area contributed by atoms with Crippen LogP contribution in [0.1, 0.15) is 17.4 Å². The van der Waals surface area contributed by atoms with Crippen molar-refractivity contribution in [2.24, 2.45) is 0 Å². The van der Waals surface area contributed by atoms with Crippen molar-refractivity contribution in [2.45, 2.75) is 6.92 Å². The number of aromatic nitrogens is 3. The number of hydrogen-bond donors (Lipinski definition) is 1. The molecule has 3 aromatic heterocycles. The number of fused-ring (bicyclic) bond motifs is 1. The summed E-state index contributed by atoms with van der Waals surface area (Å²) in [6, 6.07) is 10.6. The van der Waals surface area contributed by atoms with Crippen LogP contribution in [-0.2, 0) is 4.74 Å². The van der Waals surface area contributed by atoms with Crippen LogP contribution in [0.4, 0.5) is 0 Å². The molecular formula is C21H16ClN3O4S. The standard InChI is InChI=1S/C21H16ClN3O4S/c1-3-29-21(27)18-19(26)15-16(11-4-7-13(22)8-5-11)25-30-20(15)17(24-18)12-6-9-14(28-2)23-10-12/h4-10,26H,3H2,1-2H3. The van der Waals surface area contributed by atoms with Gasteiger partial charge < -0.3 is 14.6 Å². The number of esters is 1. The van der Waals surface area contributed by atoms with Gasteiger partial charge in [-0.1, -0.05) is 23.7 Å². The fourth-order valence-electron chi connectivity index (χ4n) is 2.99. The lowest BCUT2D eigenvalue weighted by Crippen LogP contribution is -2.08. The van der Waals surface area contributed by atoms with Gasteiger partial charge in [0.2, 0.25) is 5.88 Å². The lowest BCUT2D eigenvalue weighted by molar-refractivity contribution is 0.0516. The maximum atomic E-state index is 12.5. The van der Waals surface area contributed by atoms with Gasteiger partial charge in [0.1, 0.15) is 0 Å². The predicted octanol–water partition coefficient (Wildman–Crippen LogP) is 4.96. The summed E-state index contributed by atoms with van der Waals surface area (Å²) in [5, 5.41) is 11.9. The van der Waals surface area contributed by atoms with Crippen LogP contribution >= 0.6 is 23.1 Å². The SMILES string of the molecule is CCOC(=O)c1nc(-c2ccc(OC)nc2)c2snc(-c3ccc(Cl)cc3)c2c1O. The quantitative estimate of drug-likeness (QED) is 0.437. The zero-order chi connectivity index (χ0) is 21.3. The molecule has 0 bridgehead atoms. The number of nitrogens with zero attached hydrogens (tertiary/aromatic N) is 3. The van der Waals surface area contributed by atoms with E-state index in [0.29, 0.717) is 37.9 Å². The van der Waals surface area contributed by atoms with E-state index < -0.39 is 5.97 Å². The molecule has 0 unspecified atom stereocenters. The Hall–Kier alpha value is -3.23. The third-order valence-corrected chi connectivity index (χ3v) is 5.50. The molecule has 0 amide bonds. The van der Waals surface area contributed by atoms with E-state index in [0.717, 1.165) is 5.56 Å². The number of carbonyl (C=O) groups is 1. The van der Waals surface area contributed by atoms with Gasteiger partial charge in [0.25, 0.3) is 0 Å². The van der Waals surface area contributed by atoms with Crippen molar-refractivity contribution in [3.8, 4) is 34.1 Å². The molecule has 0 aliphatic carbocycles. The van der Waals surface area contributed by atoms with Gasteiger partial charge in [-0.05, 0) is 36.7 Å². The Balaban J connectivity index is 1.99. The second-order valence-electron chi connectivity index (χ2n) is 6.21. The highest BCUT2D eigenvalue weighted by atomic mass is 35.5. The molecule has 4 aromatic rings. The fourth-order valence-corrected chi connectivity index (χ4v) is 4.03. The van der Waals surface area contributed by atoms with E-state index in [1.165, 1.54) is 18.6 Å². The van der Waals surface area contributed by atoms with Gasteiger partial charge in [-0.3, -0.25) is 0 Å². The van der Waals surface area contributed by atoms with E-state index in [1.54, 1.807) is 49.5 Å². The summed E-state index contributed by atoms with van der Waals surface area (Å²) in [5.41, 5.74) is 2.22. The third kappa shape index (κ3) is 3.55. The maximum absolute atomic E-state index is 12.5. The van der Waals surface area contributed by atoms with Gasteiger partial charge in [-0.25, -0.2) is 14.8 Å². The zero-order valence-electron chi connectivity index (χ0n) is 16.0. The smallest absolute Gasteiger partial charge is 0.360 e. The van der Waals surface area contributed by atoms with Crippen molar-refractivity contribution >= 4 is 39.2 Å². The third-order valence-electron chi connectivity index (χ3n) is 4.40. The van der Waals surface area contributed by atoms with Crippen LogP contribution in [0.25, 0.3) is 32.6 Å². The molecule has 4 rings (SSSR count). The molecule has 3 heterocycles. The van der Waals surface area contributed by atoms with Gasteiger partial charge in [0, 0.05) is 28.4 Å². The molecular weight excluding hydrogens is 426 g/mol. The Morgan fingerprint density at radius 3 is 2.50 bits per heavy atom. The van der Waals surface area contributed by atoms with Crippen LogP contribution < -0.4 is 4.74 Å². The van der Waals surface area contributed by atoms with E-state index in [2.05, 4.69) is 14.3 Å². The Kier molecular flexibility index (Phi) is 5.52. The molecule has 1 N–H and O–H groups in total. The molecule has 0 spiro atoms. The number of ether oxygens (including phenoxy) is 2. The first kappa shape index (κ1) is 20.1. The van der Waals surface area contributed by atoms with Crippen LogP contribution in [0.3, 0.4) is 0 Å². The molecule has 0 fully saturated rings. The molecule has 7 nitrogen and oxygen atoms in total. The van der Waals surface area contributed by atoms with Crippen molar-refractivity contribution in [1.29, 1.82) is 0 Å². The van der Waals surface area contributed by atoms with Gasteiger partial charge in [-0.15, -0.1) is 0 Å². The molecule has 0 aliphatic rings. The maximum Gasteiger partial charge on any atom is 0.360 e. The highest BCUT2D eigenvalue weighted by Gasteiger charge is 2.25. The first-order chi connectivity index (χ1) is 14.5. The molecule has 152 valence electrons. The second kappa shape index (κ2) is 8.25. The summed E-state index contributed by atoms with van der Waals surface area (Å²) in [4.78, 5) is 21.1. The minimum Gasteiger partial charge on any atom is -0.505 e. The Labute approximate surface area is 181 Å². The summed E-state index contributed by atoms with van der Waals surface area (Å²) in [5.74, 6) is -0.536. The molecule has 0 saturated carbocycles. The minimum atomic E-state index is -0.715. The Bertz CT molecular complexity index is 1220. The Morgan fingerprint density at radius 1 is 1.13 bits per heavy atom. The van der Waals surface area contributed by atoms with E-state index in [4.69, 9.17) is 21.1 Å². The van der Waals surface area contributed by atoms with Gasteiger partial charge >= 0.3 is 5.97 Å². The number of rotatable bonds is 5. The average molecular weight is 442 g/mol. The van der Waals surface area contributed by atoms with Crippen molar-refractivity contribution in [3.05, 3.63) is 53.3 Å². The van der Waals surface area contributed by atoms with Gasteiger partial charge in [0.15, 0.2) is 11.4 Å². The number of methoxy groups -OCH3 is 1. The van der Waals surface area contributed by atoms with Crippen LogP contribution in [0, 0.1) is 0 Å². The minimum absolute atomic E-state index is 0.156. The van der Waals surface area contributed by atoms with Crippen LogP contribution in [0.5, 0.6) is 11.6 Å². The monoisotopic (exact) mass is 441 g/mol. The number of aromatic hydroxyl groups is 1. The second-order valence-corrected chi connectivity index (χ2v) is 7.42. The van der Waals surface area contributed by atoms with Gasteiger partial charge in [-0.2, -0.15) is 4.37 Å². The molecule has 0 saturated heterocycles. The summed E-state index contributed by atoms with van der Waals surface area (Å²) in [6.45, 7) is 1.84. The summed E-state index contributed by atoms with van der Waals surface area (Å²) < 4.78 is 15.3. The summed E-state index contributed by atoms with van der Waals surface area (Å²) in [6.07, 6.45) is 1.59. The van der Waals surface area contributed by atoms with Gasteiger partial charge in [0.05, 0.1) is 35.2 Å². The number of hydrogen-bond acceptors (Lipinski definition) is 8. The highest BCUT2D eigenvalue weighted by molar-refractivity contribution is 7.14. The van der Waals surface area contributed by atoms with E-state index in [-0.39, 0.29) is 18.1 Å². The van der Waals surface area contributed by atoms with Crippen LogP contribution in [-0.4, -0.2) is 39.1 Å². The topological polar surface area (TPSA) is 94.4 Å². The lowest BCUT2D eigenvalue weighted by Gasteiger charge is -2.10. The Morgan fingerprint density at radius 2 is 1.87 bits per heavy atom. The van der Waals surface area contributed by atoms with E-state index >= 15 is 0 Å². The summed E-state index contributed by atoms with van der Waals surface area (Å²) in [7, 11) is 1.53. The average Bonchev–Trinajstić information content (AvgIpc) is 3.20. The van der Waals surface area contributed by atoms with E-state index in [9.17, 15) is 9.90 Å². The number of benzene rings is 1. The van der Waals surface area contributed by atoms with Crippen molar-refractivity contribution in [2.75, 3.05) is 13.7 Å². The lowest BCUT2D eigenvalue weighted by atomic mass is 10.0. The van der Waals surface area contributed by atoms with Crippen LogP contribution in [0.2, 0.25) is 5.02 Å². The first-order valence-electron chi connectivity index (χ1n) is 8.99. The molecule has 9 heteroatoms. The van der Waals surface area contributed by atoms with Crippen molar-refractivity contribution in [3.63, 3.8) is 0 Å². The summed E-state index contributed by atoms with van der Waals surface area (Å²) >= 11 is 7.17. The fraction of sp³-hybridized carbons (Fsp3) is 0.143. The van der Waals surface area contributed by atoms with Crippen molar-refractivity contribution in [1.82, 2.24) is 14.3 Å². The first-order valence-corrected chi connectivity index (χ1v) is 10.1. The van der Waals surface area contributed by atoms with Crippen LogP contribution in [0.15, 0.2) is 42.6 Å². The van der Waals surface area contributed by atoms with Crippen molar-refractivity contribution < 1.29 is 19.4 Å². The molecule has 1 aromatic carbocycles. The molecule has 30 heavy (non-hydrogen) atoms. The van der Waals surface area contributed by atoms with E-state index in [1.807, 2.05) is 0 Å². The normalized spacial score (nSPS) is 10.9. The highest BCUT2D eigenvalue weighted by Crippen LogP contribution is 2.43. The predicted molar refractivity (Wildman–Crippen MR) is 115 cm³/mol. The largest absolute Gasteiger partial charge is 0.505 e. The number of halogens is 1. The molecule has 0 atom stereocenters. The zero-order valence-corrected chi connectivity index (χ0v) is 17.6. The number of carbonyl (C=O) groups excluding carboxylic acids is 1.